The van der Waals surface area contributed by atoms with E-state index in [4.69, 9.17) is 14.2 Å². The van der Waals surface area contributed by atoms with E-state index >= 15 is 0 Å². The average Bonchev–Trinajstić information content (AvgIpc) is 2.65. The van der Waals surface area contributed by atoms with Crippen molar-refractivity contribution in [2.24, 2.45) is 0 Å². The van der Waals surface area contributed by atoms with Crippen LogP contribution in [-0.2, 0) is 0 Å². The van der Waals surface area contributed by atoms with E-state index in [-0.39, 0.29) is 18.8 Å². The average molecular weight is 372 g/mol. The molecule has 0 aromatic heterocycles. The number of nitrogens with one attached hydrogen (secondary N) is 2. The Hall–Kier alpha value is -2.89. The highest BCUT2D eigenvalue weighted by Crippen LogP contribution is 2.27. The molecular weight excluding hydrogens is 344 g/mol. The van der Waals surface area contributed by atoms with Crippen molar-refractivity contribution in [3.63, 3.8) is 0 Å². The van der Waals surface area contributed by atoms with E-state index in [1.165, 1.54) is 0 Å². The summed E-state index contributed by atoms with van der Waals surface area (Å²) in [5, 5.41) is 5.61. The van der Waals surface area contributed by atoms with Gasteiger partial charge >= 0.3 is 6.03 Å². The van der Waals surface area contributed by atoms with Crippen LogP contribution in [-0.4, -0.2) is 26.0 Å². The number of urea groups is 1. The van der Waals surface area contributed by atoms with Gasteiger partial charge in [0.2, 0.25) is 0 Å². The molecule has 146 valence electrons. The molecule has 6 nitrogen and oxygen atoms in total. The van der Waals surface area contributed by atoms with Crippen molar-refractivity contribution in [1.82, 2.24) is 10.6 Å². The Bertz CT molecular complexity index is 749. The Morgan fingerprint density at radius 2 is 1.59 bits per heavy atom. The van der Waals surface area contributed by atoms with Gasteiger partial charge < -0.3 is 24.8 Å². The third-order valence-corrected chi connectivity index (χ3v) is 3.89. The second-order valence-electron chi connectivity index (χ2n) is 6.01. The molecular formula is C21H28N2O4. The molecule has 0 saturated carbocycles. The minimum Gasteiger partial charge on any atom is -0.494 e. The maximum atomic E-state index is 12.2. The Labute approximate surface area is 160 Å². The predicted molar refractivity (Wildman–Crippen MR) is 106 cm³/mol. The molecule has 27 heavy (non-hydrogen) atoms. The third kappa shape index (κ3) is 6.09. The molecule has 1 unspecified atom stereocenters. The minimum absolute atomic E-state index is 0.0365. The second kappa shape index (κ2) is 10.3. The molecule has 2 aromatic rings. The molecule has 0 heterocycles. The first-order chi connectivity index (χ1) is 13.0. The fraction of sp³-hybridized carbons (Fsp3) is 0.381. The Morgan fingerprint density at radius 3 is 2.26 bits per heavy atom. The molecule has 2 rings (SSSR count). The maximum absolute atomic E-state index is 12.2. The number of amides is 2. The zero-order chi connectivity index (χ0) is 19.6. The van der Waals surface area contributed by atoms with E-state index in [9.17, 15) is 4.79 Å². The van der Waals surface area contributed by atoms with Crippen molar-refractivity contribution in [3.8, 4) is 17.2 Å². The van der Waals surface area contributed by atoms with Crippen molar-refractivity contribution in [3.05, 3.63) is 53.6 Å². The molecule has 2 aromatic carbocycles. The van der Waals surface area contributed by atoms with Gasteiger partial charge in [-0.2, -0.15) is 0 Å². The van der Waals surface area contributed by atoms with Crippen LogP contribution in [0.1, 0.15) is 37.9 Å². The minimum atomic E-state index is -0.319. The molecule has 2 amide bonds. The van der Waals surface area contributed by atoms with Gasteiger partial charge in [0.25, 0.3) is 0 Å². The predicted octanol–water partition coefficient (Wildman–Crippen LogP) is 4.19. The van der Waals surface area contributed by atoms with E-state index in [2.05, 4.69) is 10.6 Å². The monoisotopic (exact) mass is 372 g/mol. The van der Waals surface area contributed by atoms with Crippen molar-refractivity contribution in [1.29, 1.82) is 0 Å². The molecule has 6 heteroatoms. The summed E-state index contributed by atoms with van der Waals surface area (Å²) in [5.74, 6) is 2.01. The van der Waals surface area contributed by atoms with Crippen LogP contribution in [0.5, 0.6) is 17.2 Å². The summed E-state index contributed by atoms with van der Waals surface area (Å²) in [7, 11) is 0. The van der Waals surface area contributed by atoms with Crippen molar-refractivity contribution >= 4 is 6.03 Å². The molecule has 1 atom stereocenters. The lowest BCUT2D eigenvalue weighted by atomic mass is 10.0. The molecule has 0 spiro atoms. The summed E-state index contributed by atoms with van der Waals surface area (Å²) in [6, 6.07) is 12.8. The zero-order valence-electron chi connectivity index (χ0n) is 16.4. The number of benzene rings is 2. The maximum Gasteiger partial charge on any atom is 0.317 e. The lowest BCUT2D eigenvalue weighted by molar-refractivity contribution is 0.217. The number of para-hydroxylation sites is 2. The highest BCUT2D eigenvalue weighted by molar-refractivity contribution is 5.74. The summed E-state index contributed by atoms with van der Waals surface area (Å²) in [5.41, 5.74) is 2.05. The van der Waals surface area contributed by atoms with Gasteiger partial charge in [-0.25, -0.2) is 4.79 Å². The lowest BCUT2D eigenvalue weighted by Gasteiger charge is -2.19. The van der Waals surface area contributed by atoms with Crippen LogP contribution < -0.4 is 24.8 Å². The highest BCUT2D eigenvalue weighted by Gasteiger charge is 2.14. The number of carbonyl (C=O) groups excluding carboxylic acids is 1. The van der Waals surface area contributed by atoms with Crippen molar-refractivity contribution in [2.45, 2.75) is 33.7 Å². The van der Waals surface area contributed by atoms with E-state index in [0.717, 1.165) is 16.9 Å². The number of ether oxygens (including phenoxy) is 3. The largest absolute Gasteiger partial charge is 0.494 e. The molecule has 0 aliphatic heterocycles. The number of rotatable bonds is 9. The Kier molecular flexibility index (Phi) is 7.79. The van der Waals surface area contributed by atoms with Crippen LogP contribution in [0.4, 0.5) is 4.79 Å². The van der Waals surface area contributed by atoms with E-state index in [1.54, 1.807) is 6.07 Å². The Morgan fingerprint density at radius 1 is 0.963 bits per heavy atom. The quantitative estimate of drug-likeness (QED) is 0.648. The van der Waals surface area contributed by atoms with Gasteiger partial charge in [-0.05, 0) is 45.9 Å². The molecule has 0 fully saturated rings. The molecule has 0 saturated heterocycles. The SMILES string of the molecule is CCOc1ccccc1OCNC(=O)NC(C)c1cc(C)ccc1OCC. The van der Waals surface area contributed by atoms with Crippen molar-refractivity contribution < 1.29 is 19.0 Å². The molecule has 0 radical (unpaired) electrons. The van der Waals surface area contributed by atoms with Gasteiger partial charge in [0.1, 0.15) is 5.75 Å². The van der Waals surface area contributed by atoms with E-state index < -0.39 is 0 Å². The number of hydrogen-bond donors (Lipinski definition) is 2. The second-order valence-corrected chi connectivity index (χ2v) is 6.01. The van der Waals surface area contributed by atoms with Crippen LogP contribution in [0, 0.1) is 6.92 Å². The highest BCUT2D eigenvalue weighted by atomic mass is 16.5. The topological polar surface area (TPSA) is 68.8 Å². The first kappa shape index (κ1) is 20.4. The fourth-order valence-corrected chi connectivity index (χ4v) is 2.64. The Balaban J connectivity index is 1.90. The van der Waals surface area contributed by atoms with Gasteiger partial charge in [-0.1, -0.05) is 29.8 Å². The molecule has 2 N–H and O–H groups in total. The van der Waals surface area contributed by atoms with Gasteiger partial charge in [-0.3, -0.25) is 0 Å². The van der Waals surface area contributed by atoms with Crippen LogP contribution in [0.2, 0.25) is 0 Å². The number of hydrogen-bond acceptors (Lipinski definition) is 4. The van der Waals surface area contributed by atoms with Gasteiger partial charge in [-0.15, -0.1) is 0 Å². The summed E-state index contributed by atoms with van der Waals surface area (Å²) < 4.78 is 16.8. The van der Waals surface area contributed by atoms with Crippen LogP contribution in [0.25, 0.3) is 0 Å². The van der Waals surface area contributed by atoms with Crippen LogP contribution in [0.3, 0.4) is 0 Å². The fourth-order valence-electron chi connectivity index (χ4n) is 2.64. The zero-order valence-corrected chi connectivity index (χ0v) is 16.4. The van der Waals surface area contributed by atoms with E-state index in [1.807, 2.05) is 64.1 Å². The van der Waals surface area contributed by atoms with Gasteiger partial charge in [0, 0.05) is 5.56 Å². The summed E-state index contributed by atoms with van der Waals surface area (Å²) in [4.78, 5) is 12.2. The van der Waals surface area contributed by atoms with Crippen LogP contribution >= 0.6 is 0 Å². The lowest BCUT2D eigenvalue weighted by Crippen LogP contribution is -2.39. The third-order valence-electron chi connectivity index (χ3n) is 3.89. The van der Waals surface area contributed by atoms with Crippen molar-refractivity contribution in [2.75, 3.05) is 19.9 Å². The molecule has 0 bridgehead atoms. The summed E-state index contributed by atoms with van der Waals surface area (Å²) in [6.07, 6.45) is 0. The normalized spacial score (nSPS) is 11.4. The number of carbonyl (C=O) groups is 1. The summed E-state index contributed by atoms with van der Waals surface area (Å²) in [6.45, 7) is 8.93. The van der Waals surface area contributed by atoms with Gasteiger partial charge in [0.15, 0.2) is 18.2 Å². The summed E-state index contributed by atoms with van der Waals surface area (Å²) >= 11 is 0. The van der Waals surface area contributed by atoms with Crippen LogP contribution in [0.15, 0.2) is 42.5 Å². The smallest absolute Gasteiger partial charge is 0.317 e. The van der Waals surface area contributed by atoms with Gasteiger partial charge in [0.05, 0.1) is 19.3 Å². The standard InChI is InChI=1S/C21H28N2O4/c1-5-25-18-12-11-15(3)13-17(18)16(4)23-21(24)22-14-27-20-10-8-7-9-19(20)26-6-2/h7-13,16H,5-6,14H2,1-4H3,(H2,22,23,24). The molecule has 0 aliphatic rings. The first-order valence-electron chi connectivity index (χ1n) is 9.17. The molecule has 0 aliphatic carbocycles. The first-order valence-corrected chi connectivity index (χ1v) is 9.17. The number of aryl methyl sites for hydroxylation is 1. The van der Waals surface area contributed by atoms with E-state index in [0.29, 0.717) is 24.7 Å².